The Morgan fingerprint density at radius 3 is 2.44 bits per heavy atom. The highest BCUT2D eigenvalue weighted by Gasteiger charge is 2.19. The number of rotatable bonds is 6. The topological polar surface area (TPSA) is 112 Å². The smallest absolute Gasteiger partial charge is 0.264 e. The molecule has 0 radical (unpaired) electrons. The first-order valence-corrected chi connectivity index (χ1v) is 12.6. The number of carbonyl (C=O) groups excluding carboxylic acids is 1. The van der Waals surface area contributed by atoms with Crippen LogP contribution in [-0.2, 0) is 16.6 Å². The van der Waals surface area contributed by atoms with Crippen LogP contribution >= 0.6 is 0 Å². The minimum Gasteiger partial charge on any atom is -0.348 e. The zero-order valence-corrected chi connectivity index (χ0v) is 19.8. The van der Waals surface area contributed by atoms with Crippen molar-refractivity contribution in [1.82, 2.24) is 10.3 Å². The van der Waals surface area contributed by atoms with E-state index in [9.17, 15) is 13.2 Å². The number of nitrogens with one attached hydrogen (secondary N) is 2. The maximum atomic E-state index is 13.2. The van der Waals surface area contributed by atoms with Crippen molar-refractivity contribution in [3.63, 3.8) is 0 Å². The van der Waals surface area contributed by atoms with E-state index in [0.29, 0.717) is 34.3 Å². The van der Waals surface area contributed by atoms with Gasteiger partial charge in [-0.15, -0.1) is 0 Å². The number of anilines is 1. The first kappa shape index (κ1) is 23.0. The molecule has 0 atom stereocenters. The molecule has 1 heterocycles. The molecule has 1 aromatic heterocycles. The van der Waals surface area contributed by atoms with E-state index >= 15 is 0 Å². The number of pyridine rings is 1. The van der Waals surface area contributed by atoms with E-state index in [0.717, 1.165) is 16.3 Å². The lowest BCUT2D eigenvalue weighted by atomic mass is 10.0. The Morgan fingerprint density at radius 2 is 1.64 bits per heavy atom. The van der Waals surface area contributed by atoms with Crippen molar-refractivity contribution in [2.75, 3.05) is 4.72 Å². The number of hydrogen-bond donors (Lipinski definition) is 2. The van der Waals surface area contributed by atoms with Crippen molar-refractivity contribution in [3.05, 3.63) is 114 Å². The van der Waals surface area contributed by atoms with Crippen molar-refractivity contribution in [3.8, 4) is 6.07 Å². The minimum atomic E-state index is -3.93. The van der Waals surface area contributed by atoms with E-state index in [2.05, 4.69) is 21.1 Å². The largest absolute Gasteiger partial charge is 0.348 e. The summed E-state index contributed by atoms with van der Waals surface area (Å²) in [7, 11) is -3.93. The van der Waals surface area contributed by atoms with E-state index in [1.54, 1.807) is 85.1 Å². The number of nitrogens with zero attached hydrogens (tertiary/aromatic N) is 2. The van der Waals surface area contributed by atoms with E-state index in [-0.39, 0.29) is 10.8 Å². The Bertz CT molecular complexity index is 1750. The molecule has 1 amide bonds. The van der Waals surface area contributed by atoms with Gasteiger partial charge < -0.3 is 5.32 Å². The number of aromatic nitrogens is 1. The van der Waals surface area contributed by atoms with E-state index in [4.69, 9.17) is 5.26 Å². The summed E-state index contributed by atoms with van der Waals surface area (Å²) in [6.07, 6.45) is 1.56. The lowest BCUT2D eigenvalue weighted by molar-refractivity contribution is 0.0952. The SMILES string of the molecule is N#Cc1ccc(CNC(=O)c2cccc3ccc(NS(=O)(=O)c4cccc5cccnc45)cc23)cc1. The monoisotopic (exact) mass is 492 g/mol. The molecular weight excluding hydrogens is 472 g/mol. The highest BCUT2D eigenvalue weighted by Crippen LogP contribution is 2.27. The van der Waals surface area contributed by atoms with Crippen LogP contribution in [0.4, 0.5) is 5.69 Å². The Kier molecular flexibility index (Phi) is 6.07. The quantitative estimate of drug-likeness (QED) is 0.347. The molecular formula is C28H20N4O3S. The molecule has 0 fully saturated rings. The van der Waals surface area contributed by atoms with Gasteiger partial charge in [-0.1, -0.05) is 48.5 Å². The number of carbonyl (C=O) groups is 1. The van der Waals surface area contributed by atoms with Crippen LogP contribution in [0.1, 0.15) is 21.5 Å². The van der Waals surface area contributed by atoms with Gasteiger partial charge in [0.15, 0.2) is 0 Å². The number of para-hydroxylation sites is 1. The second-order valence-electron chi connectivity index (χ2n) is 8.17. The van der Waals surface area contributed by atoms with Crippen LogP contribution in [0.25, 0.3) is 21.7 Å². The maximum absolute atomic E-state index is 13.2. The summed E-state index contributed by atoms with van der Waals surface area (Å²) < 4.78 is 29.1. The first-order valence-electron chi connectivity index (χ1n) is 11.1. The third kappa shape index (κ3) is 4.60. The molecule has 5 aromatic rings. The molecule has 8 heteroatoms. The average molecular weight is 493 g/mol. The summed E-state index contributed by atoms with van der Waals surface area (Å²) in [4.78, 5) is 17.3. The zero-order valence-electron chi connectivity index (χ0n) is 19.0. The number of hydrogen-bond acceptors (Lipinski definition) is 5. The van der Waals surface area contributed by atoms with Crippen molar-refractivity contribution in [1.29, 1.82) is 5.26 Å². The molecule has 36 heavy (non-hydrogen) atoms. The Balaban J connectivity index is 1.43. The van der Waals surface area contributed by atoms with Crippen LogP contribution in [0.3, 0.4) is 0 Å². The highest BCUT2D eigenvalue weighted by molar-refractivity contribution is 7.93. The molecule has 0 saturated carbocycles. The lowest BCUT2D eigenvalue weighted by Crippen LogP contribution is -2.23. The van der Waals surface area contributed by atoms with E-state index in [1.807, 2.05) is 6.07 Å². The summed E-state index contributed by atoms with van der Waals surface area (Å²) in [5.74, 6) is -0.289. The zero-order chi connectivity index (χ0) is 25.1. The summed E-state index contributed by atoms with van der Waals surface area (Å²) in [6.45, 7) is 0.293. The van der Waals surface area contributed by atoms with Gasteiger partial charge in [0.1, 0.15) is 4.90 Å². The molecule has 0 aliphatic heterocycles. The van der Waals surface area contributed by atoms with Crippen LogP contribution in [0.2, 0.25) is 0 Å². The standard InChI is InChI=1S/C28H20N4O3S/c29-17-19-9-11-20(12-10-19)18-31-28(33)24-7-1-4-21-13-14-23(16-25(21)24)32-36(34,35)26-8-2-5-22-6-3-15-30-27(22)26/h1-16,32H,18H2,(H,31,33). The van der Waals surface area contributed by atoms with E-state index < -0.39 is 10.0 Å². The third-order valence-corrected chi connectivity index (χ3v) is 7.21. The van der Waals surface area contributed by atoms with Crippen LogP contribution in [0.5, 0.6) is 0 Å². The fourth-order valence-corrected chi connectivity index (χ4v) is 5.24. The van der Waals surface area contributed by atoms with Gasteiger partial charge >= 0.3 is 0 Å². The van der Waals surface area contributed by atoms with Crippen molar-refractivity contribution in [2.45, 2.75) is 11.4 Å². The minimum absolute atomic E-state index is 0.0779. The molecule has 2 N–H and O–H groups in total. The first-order chi connectivity index (χ1) is 17.4. The van der Waals surface area contributed by atoms with Gasteiger partial charge in [0.25, 0.3) is 15.9 Å². The molecule has 0 aliphatic rings. The van der Waals surface area contributed by atoms with Crippen LogP contribution < -0.4 is 10.0 Å². The predicted octanol–water partition coefficient (Wildman–Crippen LogP) is 4.99. The molecule has 0 bridgehead atoms. The fourth-order valence-electron chi connectivity index (χ4n) is 4.01. The molecule has 4 aromatic carbocycles. The van der Waals surface area contributed by atoms with Gasteiger partial charge in [0.2, 0.25) is 0 Å². The summed E-state index contributed by atoms with van der Waals surface area (Å²) in [5, 5.41) is 14.0. The number of fused-ring (bicyclic) bond motifs is 2. The molecule has 0 unspecified atom stereocenters. The lowest BCUT2D eigenvalue weighted by Gasteiger charge is -2.12. The van der Waals surface area contributed by atoms with Crippen LogP contribution in [0.15, 0.2) is 102 Å². The molecule has 0 spiro atoms. The molecule has 0 saturated heterocycles. The second kappa shape index (κ2) is 9.49. The van der Waals surface area contributed by atoms with E-state index in [1.165, 1.54) is 6.07 Å². The van der Waals surface area contributed by atoms with Gasteiger partial charge in [-0.3, -0.25) is 14.5 Å². The molecule has 0 aliphatic carbocycles. The number of nitriles is 1. The summed E-state index contributed by atoms with van der Waals surface area (Å²) in [6, 6.07) is 28.0. The van der Waals surface area contributed by atoms with Gasteiger partial charge in [-0.05, 0) is 58.8 Å². The number of benzene rings is 4. The fraction of sp³-hybridized carbons (Fsp3) is 0.0357. The maximum Gasteiger partial charge on any atom is 0.264 e. The Labute approximate surface area is 208 Å². The number of amides is 1. The van der Waals surface area contributed by atoms with Crippen molar-refractivity contribution in [2.24, 2.45) is 0 Å². The third-order valence-electron chi connectivity index (χ3n) is 5.80. The van der Waals surface area contributed by atoms with Gasteiger partial charge in [-0.25, -0.2) is 8.42 Å². The summed E-state index contributed by atoms with van der Waals surface area (Å²) in [5.41, 5.74) is 2.56. The van der Waals surface area contributed by atoms with Gasteiger partial charge in [0, 0.05) is 29.4 Å². The second-order valence-corrected chi connectivity index (χ2v) is 9.82. The van der Waals surface area contributed by atoms with Gasteiger partial charge in [-0.2, -0.15) is 5.26 Å². The average Bonchev–Trinajstić information content (AvgIpc) is 2.91. The molecule has 7 nitrogen and oxygen atoms in total. The highest BCUT2D eigenvalue weighted by atomic mass is 32.2. The molecule has 5 rings (SSSR count). The summed E-state index contributed by atoms with van der Waals surface area (Å²) >= 11 is 0. The Hall–Kier alpha value is -4.74. The van der Waals surface area contributed by atoms with Crippen molar-refractivity contribution < 1.29 is 13.2 Å². The van der Waals surface area contributed by atoms with Crippen molar-refractivity contribution >= 4 is 43.3 Å². The number of sulfonamides is 1. The van der Waals surface area contributed by atoms with Crippen LogP contribution in [-0.4, -0.2) is 19.3 Å². The Morgan fingerprint density at radius 1 is 0.889 bits per heavy atom. The molecule has 176 valence electrons. The predicted molar refractivity (Wildman–Crippen MR) is 139 cm³/mol. The normalized spacial score (nSPS) is 11.2. The van der Waals surface area contributed by atoms with Gasteiger partial charge in [0.05, 0.1) is 17.1 Å². The van der Waals surface area contributed by atoms with Crippen LogP contribution in [0, 0.1) is 11.3 Å².